The second kappa shape index (κ2) is 8.63. The summed E-state index contributed by atoms with van der Waals surface area (Å²) in [6, 6.07) is 17.9. The summed E-state index contributed by atoms with van der Waals surface area (Å²) in [6.45, 7) is 2.21. The molecule has 32 heavy (non-hydrogen) atoms. The smallest absolute Gasteiger partial charge is 0.257 e. The lowest BCUT2D eigenvalue weighted by Gasteiger charge is -2.42. The molecular formula is C26H27N3O3. The van der Waals surface area contributed by atoms with E-state index in [2.05, 4.69) is 4.98 Å². The van der Waals surface area contributed by atoms with Gasteiger partial charge < -0.3 is 19.5 Å². The minimum absolute atomic E-state index is 0.0214. The van der Waals surface area contributed by atoms with Gasteiger partial charge in [-0.2, -0.15) is 0 Å². The maximum absolute atomic E-state index is 13.6. The van der Waals surface area contributed by atoms with Crippen LogP contribution in [0, 0.1) is 0 Å². The Morgan fingerprint density at radius 3 is 2.75 bits per heavy atom. The molecule has 0 bridgehead atoms. The topological polar surface area (TPSA) is 65.6 Å². The third kappa shape index (κ3) is 3.94. The van der Waals surface area contributed by atoms with Gasteiger partial charge in [0.2, 0.25) is 5.91 Å². The first kappa shape index (κ1) is 20.5. The number of hydrogen-bond acceptors (Lipinski definition) is 3. The summed E-state index contributed by atoms with van der Waals surface area (Å²) in [7, 11) is 0. The number of hydrogen-bond donors (Lipinski definition) is 1. The molecule has 0 radical (unpaired) electrons. The largest absolute Gasteiger partial charge is 0.361 e. The Bertz CT molecular complexity index is 1150. The van der Waals surface area contributed by atoms with Crippen molar-refractivity contribution in [2.24, 2.45) is 0 Å². The van der Waals surface area contributed by atoms with E-state index in [9.17, 15) is 9.59 Å². The average molecular weight is 430 g/mol. The summed E-state index contributed by atoms with van der Waals surface area (Å²) < 4.78 is 6.11. The Kier molecular flexibility index (Phi) is 5.53. The van der Waals surface area contributed by atoms with Gasteiger partial charge in [-0.1, -0.05) is 60.7 Å². The van der Waals surface area contributed by atoms with Crippen LogP contribution in [0.15, 0.2) is 72.9 Å². The zero-order valence-electron chi connectivity index (χ0n) is 18.0. The molecule has 1 N–H and O–H groups in total. The predicted molar refractivity (Wildman–Crippen MR) is 123 cm³/mol. The number of ether oxygens (including phenoxy) is 1. The van der Waals surface area contributed by atoms with Crippen molar-refractivity contribution in [3.63, 3.8) is 0 Å². The van der Waals surface area contributed by atoms with Gasteiger partial charge in [-0.05, 0) is 17.2 Å². The molecule has 2 aliphatic heterocycles. The monoisotopic (exact) mass is 429 g/mol. The summed E-state index contributed by atoms with van der Waals surface area (Å²) in [5.74, 6) is -0.0241. The molecule has 0 saturated carbocycles. The minimum Gasteiger partial charge on any atom is -0.361 e. The summed E-state index contributed by atoms with van der Waals surface area (Å²) in [5.41, 5.74) is 2.06. The summed E-state index contributed by atoms with van der Waals surface area (Å²) >= 11 is 0. The molecule has 1 fully saturated rings. The van der Waals surface area contributed by atoms with Gasteiger partial charge in [-0.3, -0.25) is 9.59 Å². The van der Waals surface area contributed by atoms with Crippen LogP contribution >= 0.6 is 0 Å². The molecule has 1 atom stereocenters. The first-order chi connectivity index (χ1) is 15.6. The Morgan fingerprint density at radius 2 is 1.88 bits per heavy atom. The van der Waals surface area contributed by atoms with E-state index in [1.165, 1.54) is 0 Å². The fourth-order valence-electron chi connectivity index (χ4n) is 4.68. The number of morpholine rings is 1. The zero-order valence-corrected chi connectivity index (χ0v) is 18.0. The Morgan fingerprint density at radius 1 is 1.06 bits per heavy atom. The molecule has 1 saturated heterocycles. The second-order valence-corrected chi connectivity index (χ2v) is 8.54. The standard InChI is InChI=1S/C26H27N3O3/c30-24(16-21-17-27-23-11-5-4-10-22(21)23)29-14-15-32-26(19-29)12-6-7-13-28(25(26)31)18-20-8-2-1-3-9-20/h1-11,17,27H,12-16,18-19H2/t26-/m1/s1. The maximum Gasteiger partial charge on any atom is 0.257 e. The van der Waals surface area contributed by atoms with Gasteiger partial charge in [0.15, 0.2) is 5.60 Å². The molecule has 164 valence electrons. The summed E-state index contributed by atoms with van der Waals surface area (Å²) in [6.07, 6.45) is 6.72. The predicted octanol–water partition coefficient (Wildman–Crippen LogP) is 3.30. The van der Waals surface area contributed by atoms with Crippen LogP contribution in [0.1, 0.15) is 17.5 Å². The molecule has 0 unspecified atom stereocenters. The van der Waals surface area contributed by atoms with Crippen molar-refractivity contribution in [2.45, 2.75) is 25.0 Å². The molecule has 0 aliphatic carbocycles. The molecular weight excluding hydrogens is 402 g/mol. The lowest BCUT2D eigenvalue weighted by atomic mass is 9.95. The van der Waals surface area contributed by atoms with Gasteiger partial charge in [0.05, 0.1) is 19.6 Å². The highest BCUT2D eigenvalue weighted by atomic mass is 16.5. The molecule has 3 aromatic rings. The number of fused-ring (bicyclic) bond motifs is 1. The van der Waals surface area contributed by atoms with E-state index in [1.807, 2.05) is 77.8 Å². The zero-order chi connectivity index (χ0) is 22.0. The SMILES string of the molecule is O=C(Cc1c[nH]c2ccccc12)N1CCO[C@]2(CC=CCN(Cc3ccccc3)C2=O)C1. The molecule has 2 aromatic carbocycles. The first-order valence-corrected chi connectivity index (χ1v) is 11.1. The number of H-pyrrole nitrogens is 1. The number of nitrogens with one attached hydrogen (secondary N) is 1. The van der Waals surface area contributed by atoms with Crippen LogP contribution in [0.5, 0.6) is 0 Å². The van der Waals surface area contributed by atoms with E-state index < -0.39 is 5.60 Å². The number of amides is 2. The van der Waals surface area contributed by atoms with Crippen LogP contribution in [-0.4, -0.2) is 58.4 Å². The van der Waals surface area contributed by atoms with E-state index in [-0.39, 0.29) is 18.4 Å². The Labute approximate surface area is 187 Å². The first-order valence-electron chi connectivity index (χ1n) is 11.1. The molecule has 5 rings (SSSR count). The summed E-state index contributed by atoms with van der Waals surface area (Å²) in [4.78, 5) is 33.7. The van der Waals surface area contributed by atoms with Crippen molar-refractivity contribution in [2.75, 3.05) is 26.2 Å². The molecule has 1 spiro atoms. The number of carbonyl (C=O) groups excluding carboxylic acids is 2. The maximum atomic E-state index is 13.6. The van der Waals surface area contributed by atoms with Crippen molar-refractivity contribution < 1.29 is 14.3 Å². The van der Waals surface area contributed by atoms with Crippen LogP contribution < -0.4 is 0 Å². The second-order valence-electron chi connectivity index (χ2n) is 8.54. The highest BCUT2D eigenvalue weighted by Gasteiger charge is 2.46. The molecule has 1 aromatic heterocycles. The van der Waals surface area contributed by atoms with E-state index in [0.717, 1.165) is 22.0 Å². The summed E-state index contributed by atoms with van der Waals surface area (Å²) in [5, 5.41) is 1.06. The van der Waals surface area contributed by atoms with Crippen LogP contribution in [-0.2, 0) is 27.3 Å². The Hall–Kier alpha value is -3.38. The Balaban J connectivity index is 1.33. The average Bonchev–Trinajstić information content (AvgIpc) is 3.18. The van der Waals surface area contributed by atoms with Gasteiger partial charge in [0.25, 0.3) is 5.91 Å². The van der Waals surface area contributed by atoms with Crippen molar-refractivity contribution >= 4 is 22.7 Å². The van der Waals surface area contributed by atoms with Gasteiger partial charge in [0, 0.05) is 43.2 Å². The highest BCUT2D eigenvalue weighted by Crippen LogP contribution is 2.29. The van der Waals surface area contributed by atoms with Gasteiger partial charge in [0.1, 0.15) is 0 Å². The van der Waals surface area contributed by atoms with Gasteiger partial charge in [-0.15, -0.1) is 0 Å². The van der Waals surface area contributed by atoms with Gasteiger partial charge in [-0.25, -0.2) is 0 Å². The van der Waals surface area contributed by atoms with Crippen molar-refractivity contribution in [3.05, 3.63) is 84.1 Å². The van der Waals surface area contributed by atoms with Crippen molar-refractivity contribution in [1.82, 2.24) is 14.8 Å². The fraction of sp³-hybridized carbons (Fsp3) is 0.308. The molecule has 6 heteroatoms. The third-order valence-corrected chi connectivity index (χ3v) is 6.39. The number of benzene rings is 2. The fourth-order valence-corrected chi connectivity index (χ4v) is 4.68. The third-order valence-electron chi connectivity index (χ3n) is 6.39. The van der Waals surface area contributed by atoms with E-state index in [1.54, 1.807) is 4.90 Å². The van der Waals surface area contributed by atoms with E-state index in [0.29, 0.717) is 39.1 Å². The number of rotatable bonds is 4. The van der Waals surface area contributed by atoms with E-state index >= 15 is 0 Å². The lowest BCUT2D eigenvalue weighted by molar-refractivity contribution is -0.173. The molecule has 2 amide bonds. The van der Waals surface area contributed by atoms with Crippen LogP contribution in [0.3, 0.4) is 0 Å². The minimum atomic E-state index is -1.02. The molecule has 3 heterocycles. The number of aromatic amines is 1. The lowest BCUT2D eigenvalue weighted by Crippen LogP contribution is -2.61. The normalized spacial score (nSPS) is 21.3. The number of carbonyl (C=O) groups is 2. The van der Waals surface area contributed by atoms with Crippen molar-refractivity contribution in [3.8, 4) is 0 Å². The molecule has 6 nitrogen and oxygen atoms in total. The van der Waals surface area contributed by atoms with Crippen molar-refractivity contribution in [1.29, 1.82) is 0 Å². The van der Waals surface area contributed by atoms with Crippen LogP contribution in [0.2, 0.25) is 0 Å². The van der Waals surface area contributed by atoms with Gasteiger partial charge >= 0.3 is 0 Å². The number of nitrogens with zero attached hydrogens (tertiary/aromatic N) is 2. The quantitative estimate of drug-likeness (QED) is 0.648. The number of aromatic nitrogens is 1. The van der Waals surface area contributed by atoms with E-state index in [4.69, 9.17) is 4.74 Å². The number of para-hydroxylation sites is 1. The molecule has 2 aliphatic rings. The van der Waals surface area contributed by atoms with Crippen LogP contribution in [0.4, 0.5) is 0 Å². The highest BCUT2D eigenvalue weighted by molar-refractivity contribution is 5.90. The van der Waals surface area contributed by atoms with Crippen LogP contribution in [0.25, 0.3) is 10.9 Å².